The zero-order valence-electron chi connectivity index (χ0n) is 11.0. The summed E-state index contributed by atoms with van der Waals surface area (Å²) in [5.41, 5.74) is 0.771. The Hall–Kier alpha value is -2.12. The van der Waals surface area contributed by atoms with Crippen molar-refractivity contribution in [3.63, 3.8) is 0 Å². The number of amides is 1. The van der Waals surface area contributed by atoms with Gasteiger partial charge < -0.3 is 5.32 Å². The van der Waals surface area contributed by atoms with Gasteiger partial charge in [0, 0.05) is 11.2 Å². The molecule has 1 heterocycles. The minimum atomic E-state index is -3.50. The van der Waals surface area contributed by atoms with E-state index in [0.717, 1.165) is 6.26 Å². The predicted molar refractivity (Wildman–Crippen MR) is 82.1 cm³/mol. The number of anilines is 2. The molecule has 21 heavy (non-hydrogen) atoms. The van der Waals surface area contributed by atoms with Crippen LogP contribution in [-0.4, -0.2) is 25.6 Å². The van der Waals surface area contributed by atoms with Crippen LogP contribution in [0.25, 0.3) is 0 Å². The molecule has 0 spiro atoms. The summed E-state index contributed by atoms with van der Waals surface area (Å²) >= 11 is 5.87. The van der Waals surface area contributed by atoms with Crippen LogP contribution in [-0.2, 0) is 10.0 Å². The van der Waals surface area contributed by atoms with E-state index in [1.165, 1.54) is 24.4 Å². The third kappa shape index (κ3) is 4.44. The number of nitrogens with zero attached hydrogens (tertiary/aromatic N) is 1. The summed E-state index contributed by atoms with van der Waals surface area (Å²) < 4.78 is 24.9. The number of hydrogen-bond acceptors (Lipinski definition) is 4. The first-order chi connectivity index (χ1) is 9.85. The van der Waals surface area contributed by atoms with Crippen molar-refractivity contribution < 1.29 is 13.2 Å². The standard InChI is InChI=1S/C13H12ClN3O3S/c1-21(19,20)17-12-5-4-9(14)7-11(12)13(18)16-10-3-2-6-15-8-10/h2-8,17H,1H3,(H,16,18). The number of carbonyl (C=O) groups is 1. The van der Waals surface area contributed by atoms with Crippen LogP contribution in [0.2, 0.25) is 5.02 Å². The van der Waals surface area contributed by atoms with Crippen LogP contribution < -0.4 is 10.0 Å². The lowest BCUT2D eigenvalue weighted by atomic mass is 10.1. The third-order valence-corrected chi connectivity index (χ3v) is 3.27. The van der Waals surface area contributed by atoms with Gasteiger partial charge in [-0.3, -0.25) is 14.5 Å². The van der Waals surface area contributed by atoms with E-state index in [9.17, 15) is 13.2 Å². The molecule has 0 aliphatic carbocycles. The molecule has 0 fully saturated rings. The maximum Gasteiger partial charge on any atom is 0.257 e. The maximum absolute atomic E-state index is 12.2. The fourth-order valence-electron chi connectivity index (χ4n) is 1.63. The number of pyridine rings is 1. The van der Waals surface area contributed by atoms with Crippen LogP contribution in [0.3, 0.4) is 0 Å². The Kier molecular flexibility index (Phi) is 4.44. The van der Waals surface area contributed by atoms with E-state index in [2.05, 4.69) is 15.0 Å². The van der Waals surface area contributed by atoms with Gasteiger partial charge in [0.15, 0.2) is 0 Å². The molecule has 0 saturated carbocycles. The minimum absolute atomic E-state index is 0.122. The van der Waals surface area contributed by atoms with E-state index in [0.29, 0.717) is 10.7 Å². The zero-order chi connectivity index (χ0) is 15.5. The summed E-state index contributed by atoms with van der Waals surface area (Å²) in [6.45, 7) is 0. The topological polar surface area (TPSA) is 88.2 Å². The first-order valence-electron chi connectivity index (χ1n) is 5.84. The quantitative estimate of drug-likeness (QED) is 0.903. The molecule has 1 amide bonds. The monoisotopic (exact) mass is 325 g/mol. The summed E-state index contributed by atoms with van der Waals surface area (Å²) in [6, 6.07) is 7.65. The van der Waals surface area contributed by atoms with Crippen molar-refractivity contribution in [2.75, 3.05) is 16.3 Å². The Morgan fingerprint density at radius 1 is 1.29 bits per heavy atom. The SMILES string of the molecule is CS(=O)(=O)Nc1ccc(Cl)cc1C(=O)Nc1cccnc1. The molecular weight excluding hydrogens is 314 g/mol. The van der Waals surface area contributed by atoms with Crippen LogP contribution in [0, 0.1) is 0 Å². The molecule has 2 N–H and O–H groups in total. The Morgan fingerprint density at radius 2 is 2.05 bits per heavy atom. The lowest BCUT2D eigenvalue weighted by Crippen LogP contribution is -2.17. The highest BCUT2D eigenvalue weighted by atomic mass is 35.5. The second kappa shape index (κ2) is 6.11. The van der Waals surface area contributed by atoms with Crippen molar-refractivity contribution in [1.29, 1.82) is 0 Å². The first kappa shape index (κ1) is 15.3. The van der Waals surface area contributed by atoms with Gasteiger partial charge in [0.2, 0.25) is 10.0 Å². The number of nitrogens with one attached hydrogen (secondary N) is 2. The molecule has 0 bridgehead atoms. The van der Waals surface area contributed by atoms with E-state index in [4.69, 9.17) is 11.6 Å². The largest absolute Gasteiger partial charge is 0.321 e. The summed E-state index contributed by atoms with van der Waals surface area (Å²) in [5, 5.41) is 2.94. The molecule has 1 aromatic carbocycles. The Bertz CT molecular complexity index is 763. The van der Waals surface area contributed by atoms with Gasteiger partial charge >= 0.3 is 0 Å². The molecular formula is C13H12ClN3O3S. The average Bonchev–Trinajstić information content (AvgIpc) is 2.40. The fraction of sp³-hybridized carbons (Fsp3) is 0.0769. The number of halogens is 1. The molecule has 8 heteroatoms. The third-order valence-electron chi connectivity index (χ3n) is 2.44. The number of hydrogen-bond donors (Lipinski definition) is 2. The summed E-state index contributed by atoms with van der Waals surface area (Å²) in [6.07, 6.45) is 4.06. The number of rotatable bonds is 4. The summed E-state index contributed by atoms with van der Waals surface area (Å²) in [7, 11) is -3.50. The van der Waals surface area contributed by atoms with Gasteiger partial charge in [0.05, 0.1) is 29.4 Å². The zero-order valence-corrected chi connectivity index (χ0v) is 12.6. The lowest BCUT2D eigenvalue weighted by Gasteiger charge is -2.11. The number of carbonyl (C=O) groups excluding carboxylic acids is 1. The highest BCUT2D eigenvalue weighted by Crippen LogP contribution is 2.22. The molecule has 0 saturated heterocycles. The van der Waals surface area contributed by atoms with Crippen LogP contribution in [0.4, 0.5) is 11.4 Å². The molecule has 0 unspecified atom stereocenters. The highest BCUT2D eigenvalue weighted by Gasteiger charge is 2.15. The second-order valence-corrected chi connectivity index (χ2v) is 6.44. The van der Waals surface area contributed by atoms with Gasteiger partial charge in [0.1, 0.15) is 0 Å². The van der Waals surface area contributed by atoms with Crippen LogP contribution >= 0.6 is 11.6 Å². The minimum Gasteiger partial charge on any atom is -0.321 e. The Morgan fingerprint density at radius 3 is 2.67 bits per heavy atom. The van der Waals surface area contributed by atoms with E-state index in [-0.39, 0.29) is 11.3 Å². The number of sulfonamides is 1. The molecule has 110 valence electrons. The second-order valence-electron chi connectivity index (χ2n) is 4.26. The van der Waals surface area contributed by atoms with E-state index >= 15 is 0 Å². The van der Waals surface area contributed by atoms with Gasteiger partial charge in [0.25, 0.3) is 5.91 Å². The van der Waals surface area contributed by atoms with Crippen molar-refractivity contribution in [2.24, 2.45) is 0 Å². The maximum atomic E-state index is 12.2. The van der Waals surface area contributed by atoms with Crippen molar-refractivity contribution in [3.8, 4) is 0 Å². The normalized spacial score (nSPS) is 11.0. The van der Waals surface area contributed by atoms with Crippen LogP contribution in [0.1, 0.15) is 10.4 Å². The number of benzene rings is 1. The molecule has 6 nitrogen and oxygen atoms in total. The van der Waals surface area contributed by atoms with Crippen molar-refractivity contribution in [1.82, 2.24) is 4.98 Å². The Labute approximate surface area is 127 Å². The van der Waals surface area contributed by atoms with Crippen molar-refractivity contribution >= 4 is 38.9 Å². The molecule has 2 rings (SSSR count). The summed E-state index contributed by atoms with van der Waals surface area (Å²) in [4.78, 5) is 16.1. The van der Waals surface area contributed by atoms with Gasteiger partial charge in [-0.15, -0.1) is 0 Å². The molecule has 0 aliphatic heterocycles. The van der Waals surface area contributed by atoms with Crippen molar-refractivity contribution in [3.05, 3.63) is 53.3 Å². The van der Waals surface area contributed by atoms with Gasteiger partial charge in [-0.1, -0.05) is 11.6 Å². The molecule has 2 aromatic rings. The van der Waals surface area contributed by atoms with E-state index in [1.54, 1.807) is 18.3 Å². The van der Waals surface area contributed by atoms with Gasteiger partial charge in [-0.2, -0.15) is 0 Å². The highest BCUT2D eigenvalue weighted by molar-refractivity contribution is 7.92. The van der Waals surface area contributed by atoms with E-state index in [1.807, 2.05) is 0 Å². The van der Waals surface area contributed by atoms with Crippen molar-refractivity contribution in [2.45, 2.75) is 0 Å². The van der Waals surface area contributed by atoms with Crippen LogP contribution in [0.15, 0.2) is 42.7 Å². The fourth-order valence-corrected chi connectivity index (χ4v) is 2.38. The lowest BCUT2D eigenvalue weighted by molar-refractivity contribution is 0.102. The summed E-state index contributed by atoms with van der Waals surface area (Å²) in [5.74, 6) is -0.489. The molecule has 0 aliphatic rings. The van der Waals surface area contributed by atoms with Gasteiger partial charge in [-0.25, -0.2) is 8.42 Å². The molecule has 0 radical (unpaired) electrons. The molecule has 1 aromatic heterocycles. The Balaban J connectivity index is 2.33. The molecule has 0 atom stereocenters. The van der Waals surface area contributed by atoms with Gasteiger partial charge in [-0.05, 0) is 30.3 Å². The number of aromatic nitrogens is 1. The smallest absolute Gasteiger partial charge is 0.257 e. The first-order valence-corrected chi connectivity index (χ1v) is 8.11. The van der Waals surface area contributed by atoms with E-state index < -0.39 is 15.9 Å². The predicted octanol–water partition coefficient (Wildman–Crippen LogP) is 2.36. The van der Waals surface area contributed by atoms with Crippen LogP contribution in [0.5, 0.6) is 0 Å². The average molecular weight is 326 g/mol.